The zero-order valence-electron chi connectivity index (χ0n) is 9.83. The molecule has 2 rings (SSSR count). The fourth-order valence-electron chi connectivity index (χ4n) is 2.35. The molecule has 0 aromatic carbocycles. The topological polar surface area (TPSA) is 56.1 Å². The lowest BCUT2D eigenvalue weighted by molar-refractivity contribution is -0.123. The largest absolute Gasteiger partial charge is 0.337 e. The molecule has 1 heterocycles. The SMILES string of the molecule is C[C@](C#N)(NC(=O)CN1CCCC1)C1CC1. The molecule has 2 aliphatic rings. The van der Waals surface area contributed by atoms with Gasteiger partial charge in [-0.05, 0) is 51.6 Å². The second-order valence-corrected chi connectivity index (χ2v) is 5.12. The first-order chi connectivity index (χ1) is 7.64. The van der Waals surface area contributed by atoms with Gasteiger partial charge >= 0.3 is 0 Å². The minimum absolute atomic E-state index is 0.00199. The first kappa shape index (κ1) is 11.4. The first-order valence-corrected chi connectivity index (χ1v) is 6.09. The quantitative estimate of drug-likeness (QED) is 0.767. The van der Waals surface area contributed by atoms with E-state index in [9.17, 15) is 4.79 Å². The Kier molecular flexibility index (Phi) is 3.15. The number of likely N-dealkylation sites (tertiary alicyclic amines) is 1. The minimum Gasteiger partial charge on any atom is -0.337 e. The van der Waals surface area contributed by atoms with Crippen LogP contribution in [0.1, 0.15) is 32.6 Å². The maximum absolute atomic E-state index is 11.8. The molecule has 4 nitrogen and oxygen atoms in total. The van der Waals surface area contributed by atoms with Crippen molar-refractivity contribution in [2.24, 2.45) is 5.92 Å². The van der Waals surface area contributed by atoms with E-state index < -0.39 is 5.54 Å². The van der Waals surface area contributed by atoms with Crippen LogP contribution in [0.15, 0.2) is 0 Å². The highest BCUT2D eigenvalue weighted by molar-refractivity contribution is 5.79. The summed E-state index contributed by atoms with van der Waals surface area (Å²) in [7, 11) is 0. The van der Waals surface area contributed by atoms with Gasteiger partial charge in [-0.2, -0.15) is 5.26 Å². The molecule has 88 valence electrons. The van der Waals surface area contributed by atoms with E-state index in [-0.39, 0.29) is 5.91 Å². The van der Waals surface area contributed by atoms with Crippen molar-refractivity contribution in [3.63, 3.8) is 0 Å². The van der Waals surface area contributed by atoms with Crippen molar-refractivity contribution in [3.8, 4) is 6.07 Å². The van der Waals surface area contributed by atoms with Crippen molar-refractivity contribution in [1.29, 1.82) is 5.26 Å². The van der Waals surface area contributed by atoms with Gasteiger partial charge < -0.3 is 5.32 Å². The summed E-state index contributed by atoms with van der Waals surface area (Å²) in [5.41, 5.74) is -0.642. The van der Waals surface area contributed by atoms with E-state index in [4.69, 9.17) is 5.26 Å². The molecule has 0 spiro atoms. The van der Waals surface area contributed by atoms with Crippen LogP contribution in [0.3, 0.4) is 0 Å². The van der Waals surface area contributed by atoms with Crippen molar-refractivity contribution in [2.75, 3.05) is 19.6 Å². The standard InChI is InChI=1S/C12H19N3O/c1-12(9-13,10-4-5-10)14-11(16)8-15-6-2-3-7-15/h10H,2-8H2,1H3,(H,14,16)/t12-/m1/s1. The molecule has 1 aliphatic heterocycles. The second kappa shape index (κ2) is 4.42. The third-order valence-corrected chi connectivity index (χ3v) is 3.59. The highest BCUT2D eigenvalue weighted by atomic mass is 16.2. The van der Waals surface area contributed by atoms with Crippen molar-refractivity contribution in [1.82, 2.24) is 10.2 Å². The van der Waals surface area contributed by atoms with Crippen molar-refractivity contribution in [3.05, 3.63) is 0 Å². The molecule has 1 N–H and O–H groups in total. The average Bonchev–Trinajstić information content (AvgIpc) is 3.00. The van der Waals surface area contributed by atoms with E-state index >= 15 is 0 Å². The third-order valence-electron chi connectivity index (χ3n) is 3.59. The lowest BCUT2D eigenvalue weighted by atomic mass is 9.98. The minimum atomic E-state index is -0.642. The number of amides is 1. The van der Waals surface area contributed by atoms with Crippen LogP contribution in [0.4, 0.5) is 0 Å². The molecule has 1 aliphatic carbocycles. The van der Waals surface area contributed by atoms with Gasteiger partial charge in [0.2, 0.25) is 5.91 Å². The van der Waals surface area contributed by atoms with Crippen LogP contribution >= 0.6 is 0 Å². The molecule has 0 bridgehead atoms. The molecule has 0 unspecified atom stereocenters. The van der Waals surface area contributed by atoms with Crippen molar-refractivity contribution in [2.45, 2.75) is 38.1 Å². The summed E-state index contributed by atoms with van der Waals surface area (Å²) in [6, 6.07) is 2.25. The van der Waals surface area contributed by atoms with Gasteiger partial charge in [-0.3, -0.25) is 9.69 Å². The van der Waals surface area contributed by atoms with Crippen LogP contribution in [0.5, 0.6) is 0 Å². The summed E-state index contributed by atoms with van der Waals surface area (Å²) in [5.74, 6) is 0.359. The summed E-state index contributed by atoms with van der Waals surface area (Å²) >= 11 is 0. The smallest absolute Gasteiger partial charge is 0.235 e. The van der Waals surface area contributed by atoms with E-state index in [0.29, 0.717) is 12.5 Å². The molecular formula is C12H19N3O. The summed E-state index contributed by atoms with van der Waals surface area (Å²) in [5, 5.41) is 12.0. The number of carbonyl (C=O) groups excluding carboxylic acids is 1. The number of nitriles is 1. The monoisotopic (exact) mass is 221 g/mol. The van der Waals surface area contributed by atoms with Gasteiger partial charge in [-0.1, -0.05) is 0 Å². The first-order valence-electron chi connectivity index (χ1n) is 6.09. The summed E-state index contributed by atoms with van der Waals surface area (Å²) in [6.07, 6.45) is 4.50. The number of nitrogens with zero attached hydrogens (tertiary/aromatic N) is 2. The number of rotatable bonds is 4. The van der Waals surface area contributed by atoms with E-state index in [2.05, 4.69) is 16.3 Å². The Morgan fingerprint density at radius 3 is 2.62 bits per heavy atom. The molecule has 16 heavy (non-hydrogen) atoms. The predicted molar refractivity (Wildman–Crippen MR) is 60.6 cm³/mol. The van der Waals surface area contributed by atoms with Crippen molar-refractivity contribution >= 4 is 5.91 Å². The summed E-state index contributed by atoms with van der Waals surface area (Å²) in [4.78, 5) is 14.0. The third kappa shape index (κ3) is 2.53. The van der Waals surface area contributed by atoms with Crippen LogP contribution < -0.4 is 5.32 Å². The molecule has 2 fully saturated rings. The fourth-order valence-corrected chi connectivity index (χ4v) is 2.35. The molecule has 0 aromatic rings. The van der Waals surface area contributed by atoms with Crippen LogP contribution in [-0.2, 0) is 4.79 Å². The number of hydrogen-bond donors (Lipinski definition) is 1. The Morgan fingerprint density at radius 1 is 1.50 bits per heavy atom. The van der Waals surface area contributed by atoms with Crippen molar-refractivity contribution < 1.29 is 4.79 Å². The van der Waals surface area contributed by atoms with E-state index in [1.807, 2.05) is 6.92 Å². The zero-order chi connectivity index (χ0) is 11.6. The van der Waals surface area contributed by atoms with Gasteiger partial charge in [0, 0.05) is 0 Å². The number of carbonyl (C=O) groups is 1. The highest BCUT2D eigenvalue weighted by Crippen LogP contribution is 2.39. The van der Waals surface area contributed by atoms with Crippen LogP contribution in [0, 0.1) is 17.2 Å². The molecule has 1 amide bonds. The van der Waals surface area contributed by atoms with Gasteiger partial charge in [0.05, 0.1) is 12.6 Å². The molecule has 1 atom stereocenters. The van der Waals surface area contributed by atoms with Gasteiger partial charge in [0.1, 0.15) is 5.54 Å². The predicted octanol–water partition coefficient (Wildman–Crippen LogP) is 0.891. The second-order valence-electron chi connectivity index (χ2n) is 5.12. The van der Waals surface area contributed by atoms with E-state index in [1.54, 1.807) is 0 Å². The van der Waals surface area contributed by atoms with Crippen LogP contribution in [-0.4, -0.2) is 36.0 Å². The molecule has 1 saturated carbocycles. The Morgan fingerprint density at radius 2 is 2.12 bits per heavy atom. The van der Waals surface area contributed by atoms with Gasteiger partial charge in [-0.15, -0.1) is 0 Å². The van der Waals surface area contributed by atoms with Gasteiger partial charge in [0.15, 0.2) is 0 Å². The Bertz CT molecular complexity index is 313. The Labute approximate surface area is 96.6 Å². The molecule has 1 saturated heterocycles. The number of hydrogen-bond acceptors (Lipinski definition) is 3. The zero-order valence-corrected chi connectivity index (χ0v) is 9.83. The normalized spacial score (nSPS) is 24.8. The van der Waals surface area contributed by atoms with Gasteiger partial charge in [0.25, 0.3) is 0 Å². The molecule has 0 radical (unpaired) electrons. The molecule has 4 heteroatoms. The molecule has 0 aromatic heterocycles. The van der Waals surface area contributed by atoms with Crippen LogP contribution in [0.2, 0.25) is 0 Å². The van der Waals surface area contributed by atoms with Crippen LogP contribution in [0.25, 0.3) is 0 Å². The van der Waals surface area contributed by atoms with E-state index in [0.717, 1.165) is 25.9 Å². The fraction of sp³-hybridized carbons (Fsp3) is 0.833. The lowest BCUT2D eigenvalue weighted by Crippen LogP contribution is -2.49. The summed E-state index contributed by atoms with van der Waals surface area (Å²) in [6.45, 7) is 4.32. The van der Waals surface area contributed by atoms with Gasteiger partial charge in [-0.25, -0.2) is 0 Å². The Balaban J connectivity index is 1.83. The summed E-state index contributed by atoms with van der Waals surface area (Å²) < 4.78 is 0. The maximum atomic E-state index is 11.8. The number of nitrogens with one attached hydrogen (secondary N) is 1. The average molecular weight is 221 g/mol. The maximum Gasteiger partial charge on any atom is 0.235 e. The van der Waals surface area contributed by atoms with E-state index in [1.165, 1.54) is 12.8 Å². The lowest BCUT2D eigenvalue weighted by Gasteiger charge is -2.24. The highest BCUT2D eigenvalue weighted by Gasteiger charge is 2.43. The molecular weight excluding hydrogens is 202 g/mol. The Hall–Kier alpha value is -1.08.